The minimum Gasteiger partial charge on any atom is -0.378 e. The van der Waals surface area contributed by atoms with Crippen LogP contribution < -0.4 is 9.80 Å². The van der Waals surface area contributed by atoms with Crippen LogP contribution in [0.15, 0.2) is 41.9 Å². The fraction of sp³-hybridized carbons (Fsp3) is 0.381. The Morgan fingerprint density at radius 2 is 1.75 bits per heavy atom. The van der Waals surface area contributed by atoms with Crippen LogP contribution in [-0.2, 0) is 6.54 Å². The standard InChI is InChI=1S/C21H26N6S/c1-16-23-18(15-28-16)14-26-10-12-27(13-11-26)21-22-9-8-20(24-21)17-4-6-19(7-5-17)25(2)3/h4-9,15H,10-14H2,1-3H3. The first-order chi connectivity index (χ1) is 13.6. The van der Waals surface area contributed by atoms with E-state index in [0.29, 0.717) is 0 Å². The van der Waals surface area contributed by atoms with Crippen LogP contribution in [-0.4, -0.2) is 60.1 Å². The molecule has 146 valence electrons. The highest BCUT2D eigenvalue weighted by molar-refractivity contribution is 7.09. The summed E-state index contributed by atoms with van der Waals surface area (Å²) in [5, 5.41) is 3.30. The second-order valence-corrected chi connectivity index (χ2v) is 8.37. The van der Waals surface area contributed by atoms with Gasteiger partial charge in [-0.3, -0.25) is 4.90 Å². The van der Waals surface area contributed by atoms with Crippen molar-refractivity contribution >= 4 is 23.0 Å². The summed E-state index contributed by atoms with van der Waals surface area (Å²) >= 11 is 1.72. The largest absolute Gasteiger partial charge is 0.378 e. The van der Waals surface area contributed by atoms with E-state index in [1.54, 1.807) is 11.3 Å². The van der Waals surface area contributed by atoms with Gasteiger partial charge in [0.1, 0.15) is 0 Å². The number of anilines is 2. The molecule has 0 atom stereocenters. The molecule has 3 aromatic rings. The summed E-state index contributed by atoms with van der Waals surface area (Å²) in [5.74, 6) is 0.818. The molecular formula is C21H26N6S. The van der Waals surface area contributed by atoms with Crippen LogP contribution in [0.4, 0.5) is 11.6 Å². The first kappa shape index (κ1) is 18.8. The average Bonchev–Trinajstić information content (AvgIpc) is 3.13. The van der Waals surface area contributed by atoms with Gasteiger partial charge in [0, 0.05) is 69.6 Å². The lowest BCUT2D eigenvalue weighted by Crippen LogP contribution is -2.46. The molecule has 4 rings (SSSR count). The molecule has 0 unspecified atom stereocenters. The predicted molar refractivity (Wildman–Crippen MR) is 116 cm³/mol. The first-order valence-electron chi connectivity index (χ1n) is 9.57. The molecule has 6 nitrogen and oxygen atoms in total. The summed E-state index contributed by atoms with van der Waals surface area (Å²) in [6, 6.07) is 10.5. The highest BCUT2D eigenvalue weighted by Gasteiger charge is 2.20. The zero-order chi connectivity index (χ0) is 19.5. The summed E-state index contributed by atoms with van der Waals surface area (Å²) in [6.07, 6.45) is 1.86. The van der Waals surface area contributed by atoms with Crippen LogP contribution in [0.5, 0.6) is 0 Å². The fourth-order valence-corrected chi connectivity index (χ4v) is 4.01. The highest BCUT2D eigenvalue weighted by Crippen LogP contribution is 2.23. The van der Waals surface area contributed by atoms with Gasteiger partial charge >= 0.3 is 0 Å². The topological polar surface area (TPSA) is 48.4 Å². The first-order valence-corrected chi connectivity index (χ1v) is 10.5. The number of rotatable bonds is 5. The molecular weight excluding hydrogens is 368 g/mol. The average molecular weight is 395 g/mol. The van der Waals surface area contributed by atoms with E-state index < -0.39 is 0 Å². The van der Waals surface area contributed by atoms with Gasteiger partial charge < -0.3 is 9.80 Å². The summed E-state index contributed by atoms with van der Waals surface area (Å²) in [6.45, 7) is 6.86. The van der Waals surface area contributed by atoms with Crippen LogP contribution in [0.1, 0.15) is 10.7 Å². The van der Waals surface area contributed by atoms with Crippen molar-refractivity contribution in [1.29, 1.82) is 0 Å². The number of hydrogen-bond acceptors (Lipinski definition) is 7. The zero-order valence-corrected chi connectivity index (χ0v) is 17.5. The van der Waals surface area contributed by atoms with Crippen LogP contribution in [0.25, 0.3) is 11.3 Å². The SMILES string of the molecule is Cc1nc(CN2CCN(c3nccc(-c4ccc(N(C)C)cc4)n3)CC2)cs1. The van der Waals surface area contributed by atoms with Crippen LogP contribution >= 0.6 is 11.3 Å². The van der Waals surface area contributed by atoms with E-state index in [1.807, 2.05) is 26.4 Å². The van der Waals surface area contributed by atoms with Gasteiger partial charge in [0.05, 0.1) is 16.4 Å². The number of aromatic nitrogens is 3. The molecule has 0 spiro atoms. The molecule has 3 heterocycles. The van der Waals surface area contributed by atoms with E-state index in [1.165, 1.54) is 11.4 Å². The Balaban J connectivity index is 1.41. The molecule has 0 saturated carbocycles. The molecule has 28 heavy (non-hydrogen) atoms. The van der Waals surface area contributed by atoms with Crippen molar-refractivity contribution in [3.8, 4) is 11.3 Å². The maximum atomic E-state index is 4.83. The molecule has 1 fully saturated rings. The van der Waals surface area contributed by atoms with E-state index in [0.717, 1.165) is 54.9 Å². The third kappa shape index (κ3) is 4.31. The lowest BCUT2D eigenvalue weighted by Gasteiger charge is -2.34. The predicted octanol–water partition coefficient (Wildman–Crippen LogP) is 3.30. The van der Waals surface area contributed by atoms with Crippen molar-refractivity contribution < 1.29 is 0 Å². The van der Waals surface area contributed by atoms with E-state index in [9.17, 15) is 0 Å². The Bertz CT molecular complexity index is 913. The maximum Gasteiger partial charge on any atom is 0.225 e. The summed E-state index contributed by atoms with van der Waals surface area (Å²) < 4.78 is 0. The third-order valence-electron chi connectivity index (χ3n) is 5.03. The number of aryl methyl sites for hydroxylation is 1. The number of nitrogens with zero attached hydrogens (tertiary/aromatic N) is 6. The van der Waals surface area contributed by atoms with Gasteiger partial charge in [-0.1, -0.05) is 12.1 Å². The third-order valence-corrected chi connectivity index (χ3v) is 5.85. The second-order valence-electron chi connectivity index (χ2n) is 7.30. The van der Waals surface area contributed by atoms with Crippen molar-refractivity contribution in [2.75, 3.05) is 50.1 Å². The highest BCUT2D eigenvalue weighted by atomic mass is 32.1. The minimum absolute atomic E-state index is 0.818. The monoisotopic (exact) mass is 394 g/mol. The molecule has 2 aromatic heterocycles. The van der Waals surface area contributed by atoms with E-state index in [2.05, 4.69) is 61.2 Å². The van der Waals surface area contributed by atoms with E-state index in [-0.39, 0.29) is 0 Å². The van der Waals surface area contributed by atoms with E-state index >= 15 is 0 Å². The fourth-order valence-electron chi connectivity index (χ4n) is 3.41. The number of hydrogen-bond donors (Lipinski definition) is 0. The maximum absolute atomic E-state index is 4.83. The van der Waals surface area contributed by atoms with Crippen molar-refractivity contribution in [1.82, 2.24) is 19.9 Å². The number of benzene rings is 1. The molecule has 0 radical (unpaired) electrons. The van der Waals surface area contributed by atoms with Gasteiger partial charge in [-0.2, -0.15) is 0 Å². The van der Waals surface area contributed by atoms with Crippen molar-refractivity contribution in [2.24, 2.45) is 0 Å². The lowest BCUT2D eigenvalue weighted by molar-refractivity contribution is 0.246. The quantitative estimate of drug-likeness (QED) is 0.662. The molecule has 7 heteroatoms. The van der Waals surface area contributed by atoms with Crippen LogP contribution in [0.2, 0.25) is 0 Å². The van der Waals surface area contributed by atoms with Crippen LogP contribution in [0.3, 0.4) is 0 Å². The van der Waals surface area contributed by atoms with Gasteiger partial charge in [0.15, 0.2) is 0 Å². The van der Waals surface area contributed by atoms with Crippen LogP contribution in [0, 0.1) is 6.92 Å². The molecule has 0 N–H and O–H groups in total. The molecule has 0 aliphatic carbocycles. The summed E-state index contributed by atoms with van der Waals surface area (Å²) in [4.78, 5) is 20.8. The van der Waals surface area contributed by atoms with Crippen molar-refractivity contribution in [2.45, 2.75) is 13.5 Å². The Morgan fingerprint density at radius 3 is 2.39 bits per heavy atom. The smallest absolute Gasteiger partial charge is 0.225 e. The van der Waals surface area contributed by atoms with Crippen molar-refractivity contribution in [3.63, 3.8) is 0 Å². The van der Waals surface area contributed by atoms with Gasteiger partial charge in [0.2, 0.25) is 5.95 Å². The molecule has 1 saturated heterocycles. The molecule has 1 aliphatic heterocycles. The Labute approximate surface area is 170 Å². The van der Waals surface area contributed by atoms with Gasteiger partial charge in [-0.05, 0) is 25.1 Å². The number of thiazole rings is 1. The molecule has 0 amide bonds. The summed E-state index contributed by atoms with van der Waals surface area (Å²) in [5.41, 5.74) is 4.45. The second kappa shape index (κ2) is 8.24. The Kier molecular flexibility index (Phi) is 5.54. The lowest BCUT2D eigenvalue weighted by atomic mass is 10.1. The molecule has 0 bridgehead atoms. The minimum atomic E-state index is 0.818. The van der Waals surface area contributed by atoms with Crippen molar-refractivity contribution in [3.05, 3.63) is 52.6 Å². The molecule has 1 aromatic carbocycles. The Morgan fingerprint density at radius 1 is 1.00 bits per heavy atom. The normalized spacial score (nSPS) is 15.0. The van der Waals surface area contributed by atoms with Gasteiger partial charge in [-0.25, -0.2) is 15.0 Å². The zero-order valence-electron chi connectivity index (χ0n) is 16.7. The summed E-state index contributed by atoms with van der Waals surface area (Å²) in [7, 11) is 4.10. The Hall–Kier alpha value is -2.51. The molecule has 1 aliphatic rings. The van der Waals surface area contributed by atoms with E-state index in [4.69, 9.17) is 4.98 Å². The van der Waals surface area contributed by atoms with Gasteiger partial charge in [0.25, 0.3) is 0 Å². The number of piperazine rings is 1. The van der Waals surface area contributed by atoms with Gasteiger partial charge in [-0.15, -0.1) is 11.3 Å².